The molecule has 1 saturated carbocycles. The molecule has 3 nitrogen and oxygen atoms in total. The van der Waals surface area contributed by atoms with Crippen LogP contribution in [0.1, 0.15) is 59.8 Å². The van der Waals surface area contributed by atoms with E-state index in [1.807, 2.05) is 27.7 Å². The number of carbonyl (C=O) groups excluding carboxylic acids is 1. The standard InChI is InChI=1S/C16H29NO2/c1-12(2)10-14(15(18)17-16(3,4)5)19-11-13-8-6-7-9-13/h13-14H,1,6-11H2,2-5H3,(H,17,18). The molecule has 1 fully saturated rings. The molecule has 110 valence electrons. The van der Waals surface area contributed by atoms with Crippen LogP contribution < -0.4 is 5.32 Å². The molecule has 0 saturated heterocycles. The molecule has 0 bridgehead atoms. The number of carbonyl (C=O) groups is 1. The van der Waals surface area contributed by atoms with Crippen molar-refractivity contribution < 1.29 is 9.53 Å². The second-order valence-electron chi connectivity index (χ2n) is 6.87. The molecule has 1 aliphatic carbocycles. The molecule has 1 N–H and O–H groups in total. The van der Waals surface area contributed by atoms with E-state index in [0.717, 1.165) is 5.57 Å². The summed E-state index contributed by atoms with van der Waals surface area (Å²) in [6.07, 6.45) is 5.29. The molecule has 0 aromatic rings. The summed E-state index contributed by atoms with van der Waals surface area (Å²) in [5, 5.41) is 2.99. The van der Waals surface area contributed by atoms with Gasteiger partial charge in [0.15, 0.2) is 0 Å². The van der Waals surface area contributed by atoms with Gasteiger partial charge in [0.2, 0.25) is 5.91 Å². The van der Waals surface area contributed by atoms with Gasteiger partial charge in [0.05, 0.1) is 6.61 Å². The SMILES string of the molecule is C=C(C)CC(OCC1CCCC1)C(=O)NC(C)(C)C. The number of amides is 1. The predicted octanol–water partition coefficient (Wildman–Crippen LogP) is 3.44. The van der Waals surface area contributed by atoms with Crippen LogP contribution in [0.3, 0.4) is 0 Å². The maximum Gasteiger partial charge on any atom is 0.249 e. The molecule has 0 aliphatic heterocycles. The van der Waals surface area contributed by atoms with Crippen LogP contribution >= 0.6 is 0 Å². The van der Waals surface area contributed by atoms with Gasteiger partial charge in [0.1, 0.15) is 6.10 Å². The summed E-state index contributed by atoms with van der Waals surface area (Å²) < 4.78 is 5.87. The van der Waals surface area contributed by atoms with Crippen LogP contribution in [0.15, 0.2) is 12.2 Å². The molecular formula is C16H29NO2. The third-order valence-corrected chi connectivity index (χ3v) is 3.33. The van der Waals surface area contributed by atoms with Crippen LogP contribution in [0.4, 0.5) is 0 Å². The van der Waals surface area contributed by atoms with Gasteiger partial charge in [-0.1, -0.05) is 18.4 Å². The van der Waals surface area contributed by atoms with E-state index in [1.165, 1.54) is 25.7 Å². The highest BCUT2D eigenvalue weighted by atomic mass is 16.5. The molecule has 0 aromatic carbocycles. The quantitative estimate of drug-likeness (QED) is 0.749. The van der Waals surface area contributed by atoms with E-state index < -0.39 is 6.10 Å². The van der Waals surface area contributed by atoms with E-state index in [9.17, 15) is 4.79 Å². The third-order valence-electron chi connectivity index (χ3n) is 3.33. The average Bonchev–Trinajstić information content (AvgIpc) is 2.73. The van der Waals surface area contributed by atoms with Gasteiger partial charge in [-0.15, -0.1) is 6.58 Å². The third kappa shape index (κ3) is 6.76. The van der Waals surface area contributed by atoms with E-state index in [2.05, 4.69) is 11.9 Å². The van der Waals surface area contributed by atoms with Crippen LogP contribution in [-0.4, -0.2) is 24.2 Å². The van der Waals surface area contributed by atoms with Crippen molar-refractivity contribution in [3.05, 3.63) is 12.2 Å². The van der Waals surface area contributed by atoms with Gasteiger partial charge in [0.25, 0.3) is 0 Å². The smallest absolute Gasteiger partial charge is 0.249 e. The average molecular weight is 267 g/mol. The van der Waals surface area contributed by atoms with E-state index in [1.54, 1.807) is 0 Å². The first kappa shape index (κ1) is 16.2. The zero-order valence-corrected chi connectivity index (χ0v) is 12.9. The van der Waals surface area contributed by atoms with Crippen molar-refractivity contribution in [1.82, 2.24) is 5.32 Å². The second-order valence-corrected chi connectivity index (χ2v) is 6.87. The number of ether oxygens (including phenoxy) is 1. The van der Waals surface area contributed by atoms with Crippen molar-refractivity contribution in [3.8, 4) is 0 Å². The fourth-order valence-corrected chi connectivity index (χ4v) is 2.42. The Kier molecular flexibility index (Phi) is 6.05. The van der Waals surface area contributed by atoms with Crippen molar-refractivity contribution >= 4 is 5.91 Å². The molecule has 1 amide bonds. The molecule has 0 spiro atoms. The van der Waals surface area contributed by atoms with Gasteiger partial charge in [-0.2, -0.15) is 0 Å². The van der Waals surface area contributed by atoms with Gasteiger partial charge in [-0.25, -0.2) is 0 Å². The topological polar surface area (TPSA) is 38.3 Å². The highest BCUT2D eigenvalue weighted by Crippen LogP contribution is 2.25. The van der Waals surface area contributed by atoms with Crippen LogP contribution in [0, 0.1) is 5.92 Å². The van der Waals surface area contributed by atoms with Crippen LogP contribution in [0.2, 0.25) is 0 Å². The minimum absolute atomic E-state index is 0.0199. The Hall–Kier alpha value is -0.830. The van der Waals surface area contributed by atoms with E-state index >= 15 is 0 Å². The molecule has 0 aromatic heterocycles. The minimum Gasteiger partial charge on any atom is -0.368 e. The highest BCUT2D eigenvalue weighted by molar-refractivity contribution is 5.81. The fourth-order valence-electron chi connectivity index (χ4n) is 2.42. The van der Waals surface area contributed by atoms with E-state index in [4.69, 9.17) is 4.74 Å². The number of nitrogens with one attached hydrogen (secondary N) is 1. The van der Waals surface area contributed by atoms with Crippen LogP contribution in [-0.2, 0) is 9.53 Å². The Labute approximate surface area is 117 Å². The van der Waals surface area contributed by atoms with Gasteiger partial charge in [0, 0.05) is 12.0 Å². The maximum absolute atomic E-state index is 12.2. The zero-order valence-electron chi connectivity index (χ0n) is 12.9. The Morgan fingerprint density at radius 3 is 2.42 bits per heavy atom. The Bertz CT molecular complexity index is 311. The largest absolute Gasteiger partial charge is 0.368 e. The van der Waals surface area contributed by atoms with Gasteiger partial charge < -0.3 is 10.1 Å². The lowest BCUT2D eigenvalue weighted by Gasteiger charge is -2.26. The van der Waals surface area contributed by atoms with Crippen LogP contribution in [0.25, 0.3) is 0 Å². The summed E-state index contributed by atoms with van der Waals surface area (Å²) in [5.41, 5.74) is 0.765. The molecule has 0 radical (unpaired) electrons. The fraction of sp³-hybridized carbons (Fsp3) is 0.812. The predicted molar refractivity (Wildman–Crippen MR) is 79.0 cm³/mol. The summed E-state index contributed by atoms with van der Waals surface area (Å²) in [6.45, 7) is 12.5. The van der Waals surface area contributed by atoms with Crippen molar-refractivity contribution in [2.24, 2.45) is 5.92 Å². The first-order chi connectivity index (χ1) is 8.78. The van der Waals surface area contributed by atoms with Gasteiger partial charge >= 0.3 is 0 Å². The normalized spacial score (nSPS) is 18.3. The summed E-state index contributed by atoms with van der Waals surface area (Å²) >= 11 is 0. The lowest BCUT2D eigenvalue weighted by atomic mass is 10.1. The van der Waals surface area contributed by atoms with E-state index in [0.29, 0.717) is 18.9 Å². The summed E-state index contributed by atoms with van der Waals surface area (Å²) in [5.74, 6) is 0.614. The monoisotopic (exact) mass is 267 g/mol. The van der Waals surface area contributed by atoms with Gasteiger partial charge in [-0.3, -0.25) is 4.79 Å². The first-order valence-electron chi connectivity index (χ1n) is 7.36. The molecule has 19 heavy (non-hydrogen) atoms. The van der Waals surface area contributed by atoms with Crippen molar-refractivity contribution in [3.63, 3.8) is 0 Å². The summed E-state index contributed by atoms with van der Waals surface area (Å²) in [6, 6.07) is 0. The molecule has 1 aliphatic rings. The van der Waals surface area contributed by atoms with E-state index in [-0.39, 0.29) is 11.4 Å². The number of hydrogen-bond donors (Lipinski definition) is 1. The summed E-state index contributed by atoms with van der Waals surface area (Å²) in [4.78, 5) is 12.2. The number of rotatable bonds is 6. The van der Waals surface area contributed by atoms with Crippen molar-refractivity contribution in [1.29, 1.82) is 0 Å². The molecule has 1 atom stereocenters. The van der Waals surface area contributed by atoms with Crippen LogP contribution in [0.5, 0.6) is 0 Å². The van der Waals surface area contributed by atoms with Crippen molar-refractivity contribution in [2.45, 2.75) is 71.4 Å². The maximum atomic E-state index is 12.2. The van der Waals surface area contributed by atoms with Crippen molar-refractivity contribution in [2.75, 3.05) is 6.61 Å². The molecule has 0 heterocycles. The molecule has 3 heteroatoms. The Balaban J connectivity index is 2.49. The molecular weight excluding hydrogens is 238 g/mol. The first-order valence-corrected chi connectivity index (χ1v) is 7.36. The molecule has 1 unspecified atom stereocenters. The lowest BCUT2D eigenvalue weighted by Crippen LogP contribution is -2.47. The Morgan fingerprint density at radius 1 is 1.37 bits per heavy atom. The summed E-state index contributed by atoms with van der Waals surface area (Å²) in [7, 11) is 0. The van der Waals surface area contributed by atoms with Gasteiger partial charge in [-0.05, 0) is 46.5 Å². The molecule has 1 rings (SSSR count). The zero-order chi connectivity index (χ0) is 14.5. The minimum atomic E-state index is -0.391. The second kappa shape index (κ2) is 7.09. The lowest BCUT2D eigenvalue weighted by molar-refractivity contribution is -0.135. The number of hydrogen-bond acceptors (Lipinski definition) is 2. The highest BCUT2D eigenvalue weighted by Gasteiger charge is 2.25. The Morgan fingerprint density at radius 2 is 1.95 bits per heavy atom.